The van der Waals surface area contributed by atoms with Crippen molar-refractivity contribution in [2.45, 2.75) is 25.7 Å². The van der Waals surface area contributed by atoms with Gasteiger partial charge < -0.3 is 4.74 Å². The fourth-order valence-corrected chi connectivity index (χ4v) is 2.27. The van der Waals surface area contributed by atoms with Crippen molar-refractivity contribution in [2.24, 2.45) is 5.41 Å². The first kappa shape index (κ1) is 12.0. The molecular weight excluding hydrogens is 224 g/mol. The number of rotatable bonds is 4. The van der Waals surface area contributed by atoms with E-state index in [0.29, 0.717) is 32.4 Å². The predicted octanol–water partition coefficient (Wildman–Crippen LogP) is 0.272. The molecule has 1 spiro atoms. The van der Waals surface area contributed by atoms with Crippen molar-refractivity contribution in [1.29, 1.82) is 0 Å². The van der Waals surface area contributed by atoms with Crippen LogP contribution < -0.4 is 5.32 Å². The molecule has 0 aromatic rings. The molecule has 2 rings (SSSR count). The molecule has 0 aromatic carbocycles. The minimum Gasteiger partial charge on any atom is -0.385 e. The van der Waals surface area contributed by atoms with Crippen molar-refractivity contribution in [2.75, 3.05) is 20.3 Å². The molecule has 6 nitrogen and oxygen atoms in total. The van der Waals surface area contributed by atoms with E-state index >= 15 is 0 Å². The maximum absolute atomic E-state index is 12.1. The number of hydrogen-bond donors (Lipinski definition) is 1. The Balaban J connectivity index is 2.07. The van der Waals surface area contributed by atoms with Crippen molar-refractivity contribution in [3.8, 4) is 0 Å². The molecule has 0 atom stereocenters. The molecule has 94 valence electrons. The average molecular weight is 240 g/mol. The summed E-state index contributed by atoms with van der Waals surface area (Å²) in [7, 11) is 1.56. The summed E-state index contributed by atoms with van der Waals surface area (Å²) in [5, 5.41) is 2.27. The standard InChI is InChI=1S/C11H16N2O4/c1-17-7-3-6-13-9(15)11(4-2-5-11)8(14)12-10(13)16/h2-7H2,1H3,(H,12,14,16). The molecule has 1 saturated carbocycles. The van der Waals surface area contributed by atoms with Gasteiger partial charge in [0.05, 0.1) is 0 Å². The van der Waals surface area contributed by atoms with Crippen LogP contribution in [-0.4, -0.2) is 43.0 Å². The molecule has 4 amide bonds. The van der Waals surface area contributed by atoms with Crippen molar-refractivity contribution < 1.29 is 19.1 Å². The zero-order valence-corrected chi connectivity index (χ0v) is 9.82. The Bertz CT molecular complexity index is 362. The van der Waals surface area contributed by atoms with Crippen molar-refractivity contribution >= 4 is 17.8 Å². The predicted molar refractivity (Wildman–Crippen MR) is 58.0 cm³/mol. The Morgan fingerprint density at radius 3 is 2.59 bits per heavy atom. The molecule has 1 N–H and O–H groups in total. The van der Waals surface area contributed by atoms with Gasteiger partial charge in [-0.25, -0.2) is 4.79 Å². The number of imide groups is 2. The molecule has 0 bridgehead atoms. The third kappa shape index (κ3) is 1.82. The molecule has 1 aliphatic carbocycles. The number of ether oxygens (including phenoxy) is 1. The first-order valence-electron chi connectivity index (χ1n) is 5.78. The van der Waals surface area contributed by atoms with Gasteiger partial charge in [-0.3, -0.25) is 19.8 Å². The lowest BCUT2D eigenvalue weighted by Crippen LogP contribution is -2.66. The van der Waals surface area contributed by atoms with Crippen LogP contribution in [0, 0.1) is 5.41 Å². The highest BCUT2D eigenvalue weighted by atomic mass is 16.5. The number of urea groups is 1. The van der Waals surface area contributed by atoms with Crippen LogP contribution in [0.15, 0.2) is 0 Å². The second-order valence-electron chi connectivity index (χ2n) is 4.50. The van der Waals surface area contributed by atoms with Crippen LogP contribution in [0.25, 0.3) is 0 Å². The van der Waals surface area contributed by atoms with E-state index in [-0.39, 0.29) is 5.91 Å². The topological polar surface area (TPSA) is 75.7 Å². The monoisotopic (exact) mass is 240 g/mol. The van der Waals surface area contributed by atoms with E-state index in [2.05, 4.69) is 5.32 Å². The summed E-state index contributed by atoms with van der Waals surface area (Å²) in [5.41, 5.74) is -0.957. The number of hydrogen-bond acceptors (Lipinski definition) is 4. The second kappa shape index (κ2) is 4.44. The van der Waals surface area contributed by atoms with Crippen LogP contribution in [-0.2, 0) is 14.3 Å². The van der Waals surface area contributed by atoms with Crippen molar-refractivity contribution in [3.05, 3.63) is 0 Å². The quantitative estimate of drug-likeness (QED) is 0.565. The lowest BCUT2D eigenvalue weighted by atomic mass is 9.66. The average Bonchev–Trinajstić information content (AvgIpc) is 2.20. The largest absolute Gasteiger partial charge is 0.385 e. The molecule has 0 aromatic heterocycles. The summed E-state index contributed by atoms with van der Waals surface area (Å²) in [5.74, 6) is -0.768. The molecule has 0 radical (unpaired) electrons. The number of carbonyl (C=O) groups is 3. The van der Waals surface area contributed by atoms with Gasteiger partial charge in [0.1, 0.15) is 5.41 Å². The number of carbonyl (C=O) groups excluding carboxylic acids is 3. The number of barbiturate groups is 1. The lowest BCUT2D eigenvalue weighted by molar-refractivity contribution is -0.157. The highest BCUT2D eigenvalue weighted by Crippen LogP contribution is 2.44. The zero-order valence-electron chi connectivity index (χ0n) is 9.82. The molecule has 17 heavy (non-hydrogen) atoms. The maximum Gasteiger partial charge on any atom is 0.330 e. The normalized spacial score (nSPS) is 22.6. The molecule has 1 aliphatic heterocycles. The van der Waals surface area contributed by atoms with Gasteiger partial charge in [0.25, 0.3) is 0 Å². The first-order chi connectivity index (χ1) is 8.12. The van der Waals surface area contributed by atoms with Gasteiger partial charge in [0.15, 0.2) is 0 Å². The molecule has 1 heterocycles. The minimum atomic E-state index is -0.957. The lowest BCUT2D eigenvalue weighted by Gasteiger charge is -2.44. The third-order valence-corrected chi connectivity index (χ3v) is 3.49. The summed E-state index contributed by atoms with van der Waals surface area (Å²) in [6.45, 7) is 0.783. The summed E-state index contributed by atoms with van der Waals surface area (Å²) in [4.78, 5) is 36.5. The maximum atomic E-state index is 12.1. The second-order valence-corrected chi connectivity index (χ2v) is 4.50. The first-order valence-corrected chi connectivity index (χ1v) is 5.78. The van der Waals surface area contributed by atoms with Crippen LogP contribution in [0.1, 0.15) is 25.7 Å². The van der Waals surface area contributed by atoms with E-state index in [1.54, 1.807) is 7.11 Å². The number of amides is 4. The fraction of sp³-hybridized carbons (Fsp3) is 0.727. The van der Waals surface area contributed by atoms with Crippen molar-refractivity contribution in [1.82, 2.24) is 10.2 Å². The van der Waals surface area contributed by atoms with Gasteiger partial charge in [0, 0.05) is 20.3 Å². The molecule has 2 fully saturated rings. The molecule has 0 unspecified atom stereocenters. The Morgan fingerprint density at radius 2 is 2.06 bits per heavy atom. The molecule has 6 heteroatoms. The van der Waals surface area contributed by atoms with E-state index in [9.17, 15) is 14.4 Å². The van der Waals surface area contributed by atoms with E-state index in [4.69, 9.17) is 4.74 Å². The Morgan fingerprint density at radius 1 is 1.35 bits per heavy atom. The summed E-state index contributed by atoms with van der Waals surface area (Å²) < 4.78 is 4.88. The van der Waals surface area contributed by atoms with Gasteiger partial charge in [-0.05, 0) is 19.3 Å². The van der Waals surface area contributed by atoms with E-state index in [0.717, 1.165) is 11.3 Å². The zero-order chi connectivity index (χ0) is 12.5. The van der Waals surface area contributed by atoms with E-state index in [1.807, 2.05) is 0 Å². The Labute approximate surface area is 99.3 Å². The smallest absolute Gasteiger partial charge is 0.330 e. The molecule has 1 saturated heterocycles. The van der Waals surface area contributed by atoms with Crippen LogP contribution >= 0.6 is 0 Å². The van der Waals surface area contributed by atoms with Crippen LogP contribution in [0.2, 0.25) is 0 Å². The molecule has 2 aliphatic rings. The highest BCUT2D eigenvalue weighted by molar-refractivity contribution is 6.19. The van der Waals surface area contributed by atoms with E-state index < -0.39 is 17.4 Å². The van der Waals surface area contributed by atoms with Gasteiger partial charge in [0.2, 0.25) is 11.8 Å². The van der Waals surface area contributed by atoms with Crippen LogP contribution in [0.4, 0.5) is 4.79 Å². The Kier molecular flexibility index (Phi) is 3.15. The van der Waals surface area contributed by atoms with Crippen molar-refractivity contribution in [3.63, 3.8) is 0 Å². The fourth-order valence-electron chi connectivity index (χ4n) is 2.27. The summed E-state index contributed by atoms with van der Waals surface area (Å²) in [6.07, 6.45) is 2.54. The van der Waals surface area contributed by atoms with Crippen LogP contribution in [0.3, 0.4) is 0 Å². The van der Waals surface area contributed by atoms with Crippen LogP contribution in [0.5, 0.6) is 0 Å². The van der Waals surface area contributed by atoms with Gasteiger partial charge in [-0.1, -0.05) is 6.42 Å². The highest BCUT2D eigenvalue weighted by Gasteiger charge is 2.57. The number of methoxy groups -OCH3 is 1. The third-order valence-electron chi connectivity index (χ3n) is 3.49. The van der Waals surface area contributed by atoms with Gasteiger partial charge in [-0.2, -0.15) is 0 Å². The summed E-state index contributed by atoms with van der Waals surface area (Å²) in [6, 6.07) is -0.603. The number of nitrogens with one attached hydrogen (secondary N) is 1. The van der Waals surface area contributed by atoms with E-state index in [1.165, 1.54) is 0 Å². The SMILES string of the molecule is COCCCN1C(=O)NC(=O)C2(CCC2)C1=O. The molecular formula is C11H16N2O4. The Hall–Kier alpha value is -1.43. The minimum absolute atomic E-state index is 0.299. The van der Waals surface area contributed by atoms with Gasteiger partial charge >= 0.3 is 6.03 Å². The van der Waals surface area contributed by atoms with Gasteiger partial charge in [-0.15, -0.1) is 0 Å². The number of nitrogens with zero attached hydrogens (tertiary/aromatic N) is 1. The summed E-state index contributed by atoms with van der Waals surface area (Å²) >= 11 is 0.